The minimum Gasteiger partial charge on any atom is -0.330 e. The molecule has 1 heterocycles. The molecule has 2 nitrogen and oxygen atoms in total. The molecule has 0 spiro atoms. The number of nitrogens with zero attached hydrogens (tertiary/aromatic N) is 1. The van der Waals surface area contributed by atoms with Crippen LogP contribution in [-0.2, 0) is 0 Å². The fourth-order valence-corrected chi connectivity index (χ4v) is 2.44. The molecule has 1 atom stereocenters. The van der Waals surface area contributed by atoms with E-state index in [1.165, 1.54) is 24.9 Å². The summed E-state index contributed by atoms with van der Waals surface area (Å²) in [5.74, 6) is 0. The van der Waals surface area contributed by atoms with Crippen LogP contribution in [-0.4, -0.2) is 24.5 Å². The van der Waals surface area contributed by atoms with E-state index in [0.717, 1.165) is 19.5 Å². The Morgan fingerprint density at radius 1 is 1.27 bits per heavy atom. The molecule has 1 aromatic rings. The Morgan fingerprint density at radius 2 is 2.07 bits per heavy atom. The van der Waals surface area contributed by atoms with Crippen molar-refractivity contribution in [2.75, 3.05) is 19.6 Å². The van der Waals surface area contributed by atoms with Crippen LogP contribution >= 0.6 is 0 Å². The summed E-state index contributed by atoms with van der Waals surface area (Å²) in [6, 6.07) is 11.5. The van der Waals surface area contributed by atoms with Gasteiger partial charge in [-0.3, -0.25) is 4.90 Å². The lowest BCUT2D eigenvalue weighted by atomic mass is 10.0. The maximum Gasteiger partial charge on any atom is 0.0348 e. The van der Waals surface area contributed by atoms with Crippen molar-refractivity contribution in [2.45, 2.75) is 25.3 Å². The van der Waals surface area contributed by atoms with Gasteiger partial charge in [0.2, 0.25) is 0 Å². The van der Waals surface area contributed by atoms with Crippen molar-refractivity contribution >= 4 is 0 Å². The first-order chi connectivity index (χ1) is 7.42. The van der Waals surface area contributed by atoms with Gasteiger partial charge in [-0.15, -0.1) is 0 Å². The Kier molecular flexibility index (Phi) is 3.75. The molecule has 82 valence electrons. The minimum atomic E-state index is 0.637. The van der Waals surface area contributed by atoms with Crippen LogP contribution in [0.5, 0.6) is 0 Å². The summed E-state index contributed by atoms with van der Waals surface area (Å²) >= 11 is 0. The number of rotatable bonds is 4. The van der Waals surface area contributed by atoms with E-state index in [9.17, 15) is 0 Å². The summed E-state index contributed by atoms with van der Waals surface area (Å²) in [6.45, 7) is 3.19. The quantitative estimate of drug-likeness (QED) is 0.814. The molecule has 1 aliphatic heterocycles. The molecule has 1 aliphatic rings. The SMILES string of the molecule is NCCCN1CCCC1c1ccccc1. The average molecular weight is 204 g/mol. The van der Waals surface area contributed by atoms with E-state index in [-0.39, 0.29) is 0 Å². The second kappa shape index (κ2) is 5.29. The predicted molar refractivity (Wildman–Crippen MR) is 63.7 cm³/mol. The molecule has 1 fully saturated rings. The van der Waals surface area contributed by atoms with Gasteiger partial charge in [0.25, 0.3) is 0 Å². The minimum absolute atomic E-state index is 0.637. The summed E-state index contributed by atoms with van der Waals surface area (Å²) in [7, 11) is 0. The molecule has 2 rings (SSSR count). The molecule has 0 bridgehead atoms. The Hall–Kier alpha value is -0.860. The number of hydrogen-bond acceptors (Lipinski definition) is 2. The lowest BCUT2D eigenvalue weighted by molar-refractivity contribution is 0.255. The van der Waals surface area contributed by atoms with Crippen molar-refractivity contribution < 1.29 is 0 Å². The largest absolute Gasteiger partial charge is 0.330 e. The predicted octanol–water partition coefficient (Wildman–Crippen LogP) is 2.17. The van der Waals surface area contributed by atoms with Crippen LogP contribution in [0.1, 0.15) is 30.9 Å². The molecule has 0 amide bonds. The highest BCUT2D eigenvalue weighted by Gasteiger charge is 2.24. The Balaban J connectivity index is 2.01. The molecule has 0 aliphatic carbocycles. The normalized spacial score (nSPS) is 22.1. The van der Waals surface area contributed by atoms with Crippen LogP contribution < -0.4 is 5.73 Å². The second-order valence-electron chi connectivity index (χ2n) is 4.25. The highest BCUT2D eigenvalue weighted by molar-refractivity contribution is 5.19. The fourth-order valence-electron chi connectivity index (χ4n) is 2.44. The van der Waals surface area contributed by atoms with Crippen molar-refractivity contribution in [3.05, 3.63) is 35.9 Å². The first kappa shape index (κ1) is 10.7. The van der Waals surface area contributed by atoms with Gasteiger partial charge in [-0.05, 0) is 44.5 Å². The third-order valence-corrected chi connectivity index (χ3v) is 3.20. The Labute approximate surface area is 92.1 Å². The summed E-state index contributed by atoms with van der Waals surface area (Å²) in [5.41, 5.74) is 7.03. The van der Waals surface area contributed by atoms with Crippen molar-refractivity contribution in [1.29, 1.82) is 0 Å². The van der Waals surface area contributed by atoms with Gasteiger partial charge in [0, 0.05) is 6.04 Å². The lowest BCUT2D eigenvalue weighted by Gasteiger charge is -2.24. The standard InChI is InChI=1S/C13H20N2/c14-9-5-11-15-10-4-8-13(15)12-6-2-1-3-7-12/h1-3,6-7,13H,4-5,8-11,14H2. The molecule has 1 unspecified atom stereocenters. The topological polar surface area (TPSA) is 29.3 Å². The van der Waals surface area contributed by atoms with Crippen LogP contribution in [0.4, 0.5) is 0 Å². The van der Waals surface area contributed by atoms with Gasteiger partial charge in [0.05, 0.1) is 0 Å². The van der Waals surface area contributed by atoms with E-state index >= 15 is 0 Å². The first-order valence-corrected chi connectivity index (χ1v) is 5.91. The maximum atomic E-state index is 5.56. The van der Waals surface area contributed by atoms with Gasteiger partial charge in [-0.1, -0.05) is 30.3 Å². The highest BCUT2D eigenvalue weighted by Crippen LogP contribution is 2.31. The van der Waals surface area contributed by atoms with E-state index in [4.69, 9.17) is 5.73 Å². The fraction of sp³-hybridized carbons (Fsp3) is 0.538. The van der Waals surface area contributed by atoms with Crippen molar-refractivity contribution in [3.8, 4) is 0 Å². The van der Waals surface area contributed by atoms with Gasteiger partial charge in [-0.25, -0.2) is 0 Å². The number of nitrogens with two attached hydrogens (primary N) is 1. The van der Waals surface area contributed by atoms with E-state index in [1.54, 1.807) is 0 Å². The molecule has 0 aromatic heterocycles. The molecular weight excluding hydrogens is 184 g/mol. The van der Waals surface area contributed by atoms with Crippen LogP contribution in [0.15, 0.2) is 30.3 Å². The number of hydrogen-bond donors (Lipinski definition) is 1. The zero-order chi connectivity index (χ0) is 10.5. The van der Waals surface area contributed by atoms with Gasteiger partial charge in [0.15, 0.2) is 0 Å². The van der Waals surface area contributed by atoms with Crippen LogP contribution in [0, 0.1) is 0 Å². The Morgan fingerprint density at radius 3 is 2.80 bits per heavy atom. The highest BCUT2D eigenvalue weighted by atomic mass is 15.2. The molecule has 0 saturated carbocycles. The van der Waals surface area contributed by atoms with Gasteiger partial charge < -0.3 is 5.73 Å². The summed E-state index contributed by atoms with van der Waals surface area (Å²) in [5, 5.41) is 0. The zero-order valence-corrected chi connectivity index (χ0v) is 9.23. The number of benzene rings is 1. The lowest BCUT2D eigenvalue weighted by Crippen LogP contribution is -2.25. The van der Waals surface area contributed by atoms with Gasteiger partial charge in [0.1, 0.15) is 0 Å². The van der Waals surface area contributed by atoms with E-state index in [2.05, 4.69) is 35.2 Å². The third-order valence-electron chi connectivity index (χ3n) is 3.20. The van der Waals surface area contributed by atoms with Crippen molar-refractivity contribution in [1.82, 2.24) is 4.90 Å². The summed E-state index contributed by atoms with van der Waals surface area (Å²) in [4.78, 5) is 2.57. The molecule has 0 radical (unpaired) electrons. The van der Waals surface area contributed by atoms with Gasteiger partial charge in [-0.2, -0.15) is 0 Å². The van der Waals surface area contributed by atoms with Gasteiger partial charge >= 0.3 is 0 Å². The van der Waals surface area contributed by atoms with Crippen molar-refractivity contribution in [3.63, 3.8) is 0 Å². The summed E-state index contributed by atoms with van der Waals surface area (Å²) < 4.78 is 0. The monoisotopic (exact) mass is 204 g/mol. The summed E-state index contributed by atoms with van der Waals surface area (Å²) in [6.07, 6.45) is 3.74. The zero-order valence-electron chi connectivity index (χ0n) is 9.23. The maximum absolute atomic E-state index is 5.56. The van der Waals surface area contributed by atoms with E-state index in [1.807, 2.05) is 0 Å². The molecule has 2 heteroatoms. The number of likely N-dealkylation sites (tertiary alicyclic amines) is 1. The first-order valence-electron chi connectivity index (χ1n) is 5.91. The van der Waals surface area contributed by atoms with Crippen LogP contribution in [0.2, 0.25) is 0 Å². The van der Waals surface area contributed by atoms with Crippen molar-refractivity contribution in [2.24, 2.45) is 5.73 Å². The molecule has 1 aromatic carbocycles. The van der Waals surface area contributed by atoms with E-state index in [0.29, 0.717) is 6.04 Å². The second-order valence-corrected chi connectivity index (χ2v) is 4.25. The molecule has 2 N–H and O–H groups in total. The molecular formula is C13H20N2. The smallest absolute Gasteiger partial charge is 0.0348 e. The molecule has 15 heavy (non-hydrogen) atoms. The van der Waals surface area contributed by atoms with E-state index < -0.39 is 0 Å². The Bertz CT molecular complexity index is 284. The third kappa shape index (κ3) is 2.58. The van der Waals surface area contributed by atoms with Crippen LogP contribution in [0.3, 0.4) is 0 Å². The molecule has 1 saturated heterocycles. The van der Waals surface area contributed by atoms with Crippen LogP contribution in [0.25, 0.3) is 0 Å². The average Bonchev–Trinajstić information content (AvgIpc) is 2.75.